The average Bonchev–Trinajstić information content (AvgIpc) is 2.60. The fourth-order valence-corrected chi connectivity index (χ4v) is 4.28. The standard InChI is InChI=1S/C20H27NO3/c1-13(2)14-7-9-15(10-8-14)19(22)21-11-16-5-3-4-6-17(16)18(12-21)20(23)24/h3-6,13-15,18H,7-12H2,1-2H3,(H,23,24). The number of hydrogen-bond donors (Lipinski definition) is 1. The van der Waals surface area contributed by atoms with Gasteiger partial charge in [0.15, 0.2) is 0 Å². The fraction of sp³-hybridized carbons (Fsp3) is 0.600. The Morgan fingerprint density at radius 2 is 1.79 bits per heavy atom. The van der Waals surface area contributed by atoms with Gasteiger partial charge in [-0.2, -0.15) is 0 Å². The maximum absolute atomic E-state index is 12.9. The van der Waals surface area contributed by atoms with Crippen LogP contribution in [0.1, 0.15) is 56.6 Å². The highest BCUT2D eigenvalue weighted by Gasteiger charge is 2.36. The number of hydrogen-bond acceptors (Lipinski definition) is 2. The molecule has 1 amide bonds. The lowest BCUT2D eigenvalue weighted by molar-refractivity contribution is -0.143. The van der Waals surface area contributed by atoms with Gasteiger partial charge in [0, 0.05) is 19.0 Å². The minimum absolute atomic E-state index is 0.0692. The SMILES string of the molecule is CC(C)C1CCC(C(=O)N2Cc3ccccc3C(C(=O)O)C2)CC1. The smallest absolute Gasteiger partial charge is 0.312 e. The van der Waals surface area contributed by atoms with E-state index in [2.05, 4.69) is 13.8 Å². The molecule has 1 fully saturated rings. The molecule has 1 aromatic rings. The summed E-state index contributed by atoms with van der Waals surface area (Å²) in [6.45, 7) is 5.36. The third-order valence-electron chi connectivity index (χ3n) is 5.87. The summed E-state index contributed by atoms with van der Waals surface area (Å²) in [6, 6.07) is 7.61. The van der Waals surface area contributed by atoms with Crippen molar-refractivity contribution in [1.82, 2.24) is 4.90 Å². The normalized spacial score (nSPS) is 27.0. The Balaban J connectivity index is 1.72. The lowest BCUT2D eigenvalue weighted by atomic mass is 9.76. The van der Waals surface area contributed by atoms with Gasteiger partial charge in [-0.1, -0.05) is 38.1 Å². The molecule has 0 radical (unpaired) electrons. The molecule has 1 atom stereocenters. The summed E-state index contributed by atoms with van der Waals surface area (Å²) >= 11 is 0. The minimum atomic E-state index is -0.844. The van der Waals surface area contributed by atoms with E-state index in [0.29, 0.717) is 19.0 Å². The first-order valence-corrected chi connectivity index (χ1v) is 9.06. The molecule has 1 heterocycles. The van der Waals surface area contributed by atoms with Crippen molar-refractivity contribution in [3.63, 3.8) is 0 Å². The molecule has 24 heavy (non-hydrogen) atoms. The second-order valence-electron chi connectivity index (χ2n) is 7.66. The second kappa shape index (κ2) is 6.96. The fourth-order valence-electron chi connectivity index (χ4n) is 4.28. The molecule has 0 aromatic heterocycles. The van der Waals surface area contributed by atoms with Crippen LogP contribution < -0.4 is 0 Å². The molecule has 1 aliphatic carbocycles. The number of fused-ring (bicyclic) bond motifs is 1. The quantitative estimate of drug-likeness (QED) is 0.920. The Hall–Kier alpha value is -1.84. The number of carboxylic acids is 1. The minimum Gasteiger partial charge on any atom is -0.481 e. The summed E-state index contributed by atoms with van der Waals surface area (Å²) in [7, 11) is 0. The van der Waals surface area contributed by atoms with Crippen LogP contribution >= 0.6 is 0 Å². The molecule has 1 unspecified atom stereocenters. The molecule has 130 valence electrons. The molecule has 0 spiro atoms. The Labute approximate surface area is 143 Å². The van der Waals surface area contributed by atoms with Gasteiger partial charge in [-0.3, -0.25) is 9.59 Å². The van der Waals surface area contributed by atoms with Gasteiger partial charge in [-0.05, 0) is 48.6 Å². The van der Waals surface area contributed by atoms with Crippen molar-refractivity contribution in [3.8, 4) is 0 Å². The molecule has 3 rings (SSSR count). The van der Waals surface area contributed by atoms with Crippen molar-refractivity contribution in [3.05, 3.63) is 35.4 Å². The van der Waals surface area contributed by atoms with Crippen molar-refractivity contribution >= 4 is 11.9 Å². The van der Waals surface area contributed by atoms with Crippen LogP contribution in [0.5, 0.6) is 0 Å². The summed E-state index contributed by atoms with van der Waals surface area (Å²) in [4.78, 5) is 26.4. The Kier molecular flexibility index (Phi) is 4.93. The molecule has 0 saturated heterocycles. The van der Waals surface area contributed by atoms with E-state index in [1.807, 2.05) is 24.3 Å². The summed E-state index contributed by atoms with van der Waals surface area (Å²) in [5.41, 5.74) is 1.83. The highest BCUT2D eigenvalue weighted by Crippen LogP contribution is 2.36. The van der Waals surface area contributed by atoms with Gasteiger partial charge < -0.3 is 10.0 Å². The molecular formula is C20H27NO3. The van der Waals surface area contributed by atoms with Gasteiger partial charge in [0.05, 0.1) is 5.92 Å². The van der Waals surface area contributed by atoms with E-state index in [4.69, 9.17) is 0 Å². The Morgan fingerprint density at radius 1 is 1.12 bits per heavy atom. The van der Waals surface area contributed by atoms with E-state index in [1.54, 1.807) is 4.90 Å². The Morgan fingerprint density at radius 3 is 2.42 bits per heavy atom. The highest BCUT2D eigenvalue weighted by molar-refractivity contribution is 5.83. The number of amides is 1. The van der Waals surface area contributed by atoms with Gasteiger partial charge in [-0.15, -0.1) is 0 Å². The van der Waals surface area contributed by atoms with Gasteiger partial charge >= 0.3 is 5.97 Å². The van der Waals surface area contributed by atoms with Gasteiger partial charge in [0.2, 0.25) is 5.91 Å². The van der Waals surface area contributed by atoms with E-state index < -0.39 is 11.9 Å². The predicted molar refractivity (Wildman–Crippen MR) is 92.5 cm³/mol. The van der Waals surface area contributed by atoms with Crippen molar-refractivity contribution < 1.29 is 14.7 Å². The molecule has 1 N–H and O–H groups in total. The molecular weight excluding hydrogens is 302 g/mol. The molecule has 4 heteroatoms. The van der Waals surface area contributed by atoms with Crippen molar-refractivity contribution in [2.24, 2.45) is 17.8 Å². The van der Waals surface area contributed by atoms with Crippen molar-refractivity contribution in [2.45, 2.75) is 52.0 Å². The van der Waals surface area contributed by atoms with Crippen molar-refractivity contribution in [1.29, 1.82) is 0 Å². The van der Waals surface area contributed by atoms with E-state index >= 15 is 0 Å². The van der Waals surface area contributed by atoms with E-state index in [9.17, 15) is 14.7 Å². The monoisotopic (exact) mass is 329 g/mol. The number of aliphatic carboxylic acids is 1. The van der Waals surface area contributed by atoms with Crippen LogP contribution in [0.3, 0.4) is 0 Å². The third-order valence-corrected chi connectivity index (χ3v) is 5.87. The zero-order valence-corrected chi connectivity index (χ0v) is 14.6. The van der Waals surface area contributed by atoms with Crippen LogP contribution in [0.15, 0.2) is 24.3 Å². The first kappa shape index (κ1) is 17.0. The number of carbonyl (C=O) groups excluding carboxylic acids is 1. The predicted octanol–water partition coefficient (Wildman–Crippen LogP) is 3.66. The molecule has 1 aliphatic heterocycles. The maximum atomic E-state index is 12.9. The lowest BCUT2D eigenvalue weighted by Gasteiger charge is -2.37. The summed E-state index contributed by atoms with van der Waals surface area (Å²) < 4.78 is 0. The molecule has 1 aromatic carbocycles. The molecule has 1 saturated carbocycles. The summed E-state index contributed by atoms with van der Waals surface area (Å²) in [5.74, 6) is 0.175. The second-order valence-corrected chi connectivity index (χ2v) is 7.66. The molecule has 4 nitrogen and oxygen atoms in total. The van der Waals surface area contributed by atoms with Crippen molar-refractivity contribution in [2.75, 3.05) is 6.54 Å². The van der Waals surface area contributed by atoms with E-state index in [1.165, 1.54) is 0 Å². The van der Waals surface area contributed by atoms with Gasteiger partial charge in [-0.25, -0.2) is 0 Å². The average molecular weight is 329 g/mol. The third kappa shape index (κ3) is 3.33. The summed E-state index contributed by atoms with van der Waals surface area (Å²) in [6.07, 6.45) is 4.11. The van der Waals surface area contributed by atoms with Crippen LogP contribution in [-0.2, 0) is 16.1 Å². The topological polar surface area (TPSA) is 57.6 Å². The highest BCUT2D eigenvalue weighted by atomic mass is 16.4. The van der Waals surface area contributed by atoms with E-state index in [-0.39, 0.29) is 11.8 Å². The van der Waals surface area contributed by atoms with E-state index in [0.717, 1.165) is 42.7 Å². The zero-order chi connectivity index (χ0) is 17.3. The Bertz CT molecular complexity index is 617. The number of rotatable bonds is 3. The zero-order valence-electron chi connectivity index (χ0n) is 14.6. The largest absolute Gasteiger partial charge is 0.481 e. The molecule has 2 aliphatic rings. The van der Waals surface area contributed by atoms with Gasteiger partial charge in [0.1, 0.15) is 0 Å². The lowest BCUT2D eigenvalue weighted by Crippen LogP contribution is -2.44. The number of carboxylic acid groups (broad SMARTS) is 1. The first-order valence-electron chi connectivity index (χ1n) is 9.06. The van der Waals surface area contributed by atoms with Crippen LogP contribution in [-0.4, -0.2) is 28.4 Å². The van der Waals surface area contributed by atoms with Crippen LogP contribution in [0.4, 0.5) is 0 Å². The number of carbonyl (C=O) groups is 2. The van der Waals surface area contributed by atoms with Crippen LogP contribution in [0.2, 0.25) is 0 Å². The number of benzene rings is 1. The first-order chi connectivity index (χ1) is 11.5. The van der Waals surface area contributed by atoms with Crippen LogP contribution in [0, 0.1) is 17.8 Å². The molecule has 0 bridgehead atoms. The maximum Gasteiger partial charge on any atom is 0.312 e. The van der Waals surface area contributed by atoms with Gasteiger partial charge in [0.25, 0.3) is 0 Å². The van der Waals surface area contributed by atoms with Crippen LogP contribution in [0.25, 0.3) is 0 Å². The summed E-state index contributed by atoms with van der Waals surface area (Å²) in [5, 5.41) is 9.55. The number of nitrogens with zero attached hydrogens (tertiary/aromatic N) is 1.